The van der Waals surface area contributed by atoms with E-state index in [1.165, 1.54) is 32.7 Å². The first-order valence-electron chi connectivity index (χ1n) is 10.5. The molecule has 1 aromatic carbocycles. The molecule has 170 valence electrons. The van der Waals surface area contributed by atoms with Gasteiger partial charge in [0.05, 0.1) is 16.4 Å². The van der Waals surface area contributed by atoms with Gasteiger partial charge in [-0.15, -0.1) is 11.3 Å². The van der Waals surface area contributed by atoms with E-state index in [0.29, 0.717) is 29.3 Å². The Morgan fingerprint density at radius 3 is 2.47 bits per heavy atom. The lowest BCUT2D eigenvalue weighted by molar-refractivity contribution is -0.122. The molecule has 1 fully saturated rings. The van der Waals surface area contributed by atoms with E-state index in [0.717, 1.165) is 11.3 Å². The van der Waals surface area contributed by atoms with Gasteiger partial charge >= 0.3 is 0 Å². The topological polar surface area (TPSA) is 111 Å². The molecule has 0 bridgehead atoms. The predicted molar refractivity (Wildman–Crippen MR) is 124 cm³/mol. The molecule has 1 atom stereocenters. The highest BCUT2D eigenvalue weighted by molar-refractivity contribution is 7.89. The highest BCUT2D eigenvalue weighted by Crippen LogP contribution is 2.31. The molecule has 0 saturated carbocycles. The van der Waals surface area contributed by atoms with Gasteiger partial charge < -0.3 is 10.2 Å². The van der Waals surface area contributed by atoms with Gasteiger partial charge in [0.25, 0.3) is 0 Å². The van der Waals surface area contributed by atoms with Crippen molar-refractivity contribution in [1.82, 2.24) is 4.31 Å². The third kappa shape index (κ3) is 4.70. The maximum atomic E-state index is 12.8. The molecule has 1 aliphatic heterocycles. The summed E-state index contributed by atoms with van der Waals surface area (Å²) >= 11 is 1.37. The lowest BCUT2D eigenvalue weighted by atomic mass is 10.1. The Kier molecular flexibility index (Phi) is 7.33. The van der Waals surface area contributed by atoms with E-state index in [9.17, 15) is 23.3 Å². The normalized spacial score (nSPS) is 16.4. The molecule has 2 amide bonds. The molecule has 2 aromatic rings. The van der Waals surface area contributed by atoms with E-state index >= 15 is 0 Å². The van der Waals surface area contributed by atoms with Crippen LogP contribution in [0.3, 0.4) is 0 Å². The summed E-state index contributed by atoms with van der Waals surface area (Å²) in [5.74, 6) is -1.06. The molecule has 1 saturated heterocycles. The van der Waals surface area contributed by atoms with Crippen molar-refractivity contribution in [3.63, 3.8) is 0 Å². The molecule has 1 aliphatic rings. The van der Waals surface area contributed by atoms with E-state index < -0.39 is 15.9 Å². The zero-order valence-electron chi connectivity index (χ0n) is 18.3. The maximum absolute atomic E-state index is 12.8. The predicted octanol–water partition coefficient (Wildman–Crippen LogP) is 3.20. The van der Waals surface area contributed by atoms with Crippen molar-refractivity contribution in [1.29, 1.82) is 5.26 Å². The number of rotatable bonds is 8. The number of carbonyl (C=O) groups excluding carboxylic acids is 2. The molecular formula is C22H26N4O4S2. The van der Waals surface area contributed by atoms with Crippen LogP contribution in [0.15, 0.2) is 35.2 Å². The lowest BCUT2D eigenvalue weighted by Crippen LogP contribution is -2.31. The highest BCUT2D eigenvalue weighted by atomic mass is 32.2. The molecule has 1 unspecified atom stereocenters. The molecule has 0 spiro atoms. The van der Waals surface area contributed by atoms with Crippen LogP contribution in [0.2, 0.25) is 0 Å². The highest BCUT2D eigenvalue weighted by Gasteiger charge is 2.36. The van der Waals surface area contributed by atoms with Crippen molar-refractivity contribution >= 4 is 43.9 Å². The summed E-state index contributed by atoms with van der Waals surface area (Å²) in [5.41, 5.74) is 0.970. The fraction of sp³-hybridized carbons (Fsp3) is 0.409. The van der Waals surface area contributed by atoms with Crippen molar-refractivity contribution in [2.75, 3.05) is 29.9 Å². The SMILES string of the molecule is CCc1cc(C#N)c(NC(=O)C2CC(=O)N(c3ccc(S(=O)(=O)N(CC)CC)cc3)C2)s1. The smallest absolute Gasteiger partial charge is 0.243 e. The minimum Gasteiger partial charge on any atom is -0.316 e. The number of nitrogens with one attached hydrogen (secondary N) is 1. The molecular weight excluding hydrogens is 448 g/mol. The van der Waals surface area contributed by atoms with Gasteiger partial charge in [-0.05, 0) is 36.8 Å². The van der Waals surface area contributed by atoms with E-state index in [1.54, 1.807) is 32.0 Å². The quantitative estimate of drug-likeness (QED) is 0.632. The first-order valence-corrected chi connectivity index (χ1v) is 12.7. The Labute approximate surface area is 192 Å². The third-order valence-corrected chi connectivity index (χ3v) is 8.74. The Balaban J connectivity index is 1.72. The number of benzene rings is 1. The number of sulfonamides is 1. The van der Waals surface area contributed by atoms with Crippen LogP contribution < -0.4 is 10.2 Å². The molecule has 32 heavy (non-hydrogen) atoms. The van der Waals surface area contributed by atoms with Gasteiger partial charge in [-0.2, -0.15) is 9.57 Å². The second kappa shape index (κ2) is 9.81. The van der Waals surface area contributed by atoms with Gasteiger partial charge in [-0.1, -0.05) is 20.8 Å². The molecule has 1 aromatic heterocycles. The number of aryl methyl sites for hydroxylation is 1. The summed E-state index contributed by atoms with van der Waals surface area (Å²) in [5, 5.41) is 12.6. The molecule has 10 heteroatoms. The molecule has 8 nitrogen and oxygen atoms in total. The summed E-state index contributed by atoms with van der Waals surface area (Å²) in [6.45, 7) is 6.48. The Hall–Kier alpha value is -2.74. The van der Waals surface area contributed by atoms with Crippen LogP contribution in [0.25, 0.3) is 0 Å². The van der Waals surface area contributed by atoms with Crippen LogP contribution >= 0.6 is 11.3 Å². The van der Waals surface area contributed by atoms with Gasteiger partial charge in [-0.3, -0.25) is 9.59 Å². The second-order valence-corrected chi connectivity index (χ2v) is 10.5. The third-order valence-electron chi connectivity index (χ3n) is 5.48. The van der Waals surface area contributed by atoms with Gasteiger partial charge in [0.15, 0.2) is 0 Å². The zero-order chi connectivity index (χ0) is 23.5. The van der Waals surface area contributed by atoms with Crippen LogP contribution in [0.4, 0.5) is 10.7 Å². The number of hydrogen-bond donors (Lipinski definition) is 1. The number of anilines is 2. The van der Waals surface area contributed by atoms with Gasteiger partial charge in [0.1, 0.15) is 11.1 Å². The van der Waals surface area contributed by atoms with Crippen LogP contribution in [-0.4, -0.2) is 44.2 Å². The average molecular weight is 475 g/mol. The number of amides is 2. The lowest BCUT2D eigenvalue weighted by Gasteiger charge is -2.20. The summed E-state index contributed by atoms with van der Waals surface area (Å²) in [7, 11) is -3.58. The van der Waals surface area contributed by atoms with E-state index in [1.807, 2.05) is 6.92 Å². The molecule has 0 aliphatic carbocycles. The van der Waals surface area contributed by atoms with Gasteiger partial charge in [0.2, 0.25) is 21.8 Å². The first-order chi connectivity index (χ1) is 15.2. The maximum Gasteiger partial charge on any atom is 0.243 e. The summed E-state index contributed by atoms with van der Waals surface area (Å²) in [6, 6.07) is 10.0. The van der Waals surface area contributed by atoms with Crippen molar-refractivity contribution in [3.05, 3.63) is 40.8 Å². The zero-order valence-corrected chi connectivity index (χ0v) is 19.9. The van der Waals surface area contributed by atoms with E-state index in [2.05, 4.69) is 11.4 Å². The van der Waals surface area contributed by atoms with Gasteiger partial charge in [-0.25, -0.2) is 8.42 Å². The summed E-state index contributed by atoms with van der Waals surface area (Å²) < 4.78 is 26.7. The van der Waals surface area contributed by atoms with Crippen molar-refractivity contribution < 1.29 is 18.0 Å². The monoisotopic (exact) mass is 474 g/mol. The van der Waals surface area contributed by atoms with E-state index in [4.69, 9.17) is 0 Å². The molecule has 3 rings (SSSR count). The minimum atomic E-state index is -3.58. The largest absolute Gasteiger partial charge is 0.316 e. The van der Waals surface area contributed by atoms with Crippen LogP contribution in [0, 0.1) is 17.2 Å². The fourth-order valence-electron chi connectivity index (χ4n) is 3.65. The fourth-order valence-corrected chi connectivity index (χ4v) is 6.06. The summed E-state index contributed by atoms with van der Waals surface area (Å²) in [4.78, 5) is 28.0. The first kappa shape index (κ1) is 23.9. The van der Waals surface area contributed by atoms with Crippen LogP contribution in [0.1, 0.15) is 37.6 Å². The number of hydrogen-bond acceptors (Lipinski definition) is 6. The van der Waals surface area contributed by atoms with E-state index in [-0.39, 0.29) is 29.7 Å². The Morgan fingerprint density at radius 2 is 1.91 bits per heavy atom. The number of carbonyl (C=O) groups is 2. The molecule has 2 heterocycles. The minimum absolute atomic E-state index is 0.0548. The van der Waals surface area contributed by atoms with Crippen molar-refractivity contribution in [2.45, 2.75) is 38.5 Å². The number of nitrogens with zero attached hydrogens (tertiary/aromatic N) is 3. The number of nitriles is 1. The second-order valence-electron chi connectivity index (χ2n) is 7.40. The number of thiophene rings is 1. The van der Waals surface area contributed by atoms with Crippen LogP contribution in [0.5, 0.6) is 0 Å². The standard InChI is InChI=1S/C22H26N4O4S2/c1-4-18-11-15(13-23)22(31-18)24-21(28)16-12-20(27)26(14-16)17-7-9-19(10-8-17)32(29,30)25(5-2)6-3/h7-11,16H,4-6,12,14H2,1-3H3,(H,24,28). The molecule has 0 radical (unpaired) electrons. The Morgan fingerprint density at radius 1 is 1.25 bits per heavy atom. The van der Waals surface area contributed by atoms with Crippen molar-refractivity contribution in [3.8, 4) is 6.07 Å². The van der Waals surface area contributed by atoms with Crippen molar-refractivity contribution in [2.24, 2.45) is 5.92 Å². The average Bonchev–Trinajstić information content (AvgIpc) is 3.37. The van der Waals surface area contributed by atoms with Gasteiger partial charge in [0, 0.05) is 36.6 Å². The molecule has 1 N–H and O–H groups in total. The van der Waals surface area contributed by atoms with Crippen LogP contribution in [-0.2, 0) is 26.0 Å². The summed E-state index contributed by atoms with van der Waals surface area (Å²) in [6.07, 6.45) is 0.824. The Bertz CT molecular complexity index is 1150.